The molecule has 0 aliphatic carbocycles. The molecule has 124 valence electrons. The molecule has 0 radical (unpaired) electrons. The van der Waals surface area contributed by atoms with Gasteiger partial charge in [0, 0.05) is 11.3 Å². The van der Waals surface area contributed by atoms with Crippen molar-refractivity contribution >= 4 is 17.6 Å². The van der Waals surface area contributed by atoms with Gasteiger partial charge < -0.3 is 9.64 Å². The Labute approximate surface area is 142 Å². The summed E-state index contributed by atoms with van der Waals surface area (Å²) in [6, 6.07) is 15.3. The van der Waals surface area contributed by atoms with Crippen molar-refractivity contribution in [3.63, 3.8) is 0 Å². The molecular weight excluding hydrogens is 302 g/mol. The van der Waals surface area contributed by atoms with E-state index < -0.39 is 0 Å². The van der Waals surface area contributed by atoms with Crippen LogP contribution in [0.15, 0.2) is 48.5 Å². The van der Waals surface area contributed by atoms with E-state index in [0.29, 0.717) is 19.6 Å². The van der Waals surface area contributed by atoms with Crippen LogP contribution in [0.25, 0.3) is 0 Å². The van der Waals surface area contributed by atoms with Gasteiger partial charge >= 0.3 is 5.97 Å². The van der Waals surface area contributed by atoms with Gasteiger partial charge in [-0.25, -0.2) is 0 Å². The van der Waals surface area contributed by atoms with Crippen LogP contribution in [-0.2, 0) is 16.1 Å². The molecule has 1 heterocycles. The van der Waals surface area contributed by atoms with Crippen LogP contribution >= 0.6 is 0 Å². The molecule has 2 aromatic rings. The zero-order chi connectivity index (χ0) is 17.1. The third-order valence-corrected chi connectivity index (χ3v) is 4.41. The number of carbonyl (C=O) groups is 2. The molecule has 1 amide bonds. The molecule has 1 unspecified atom stereocenters. The van der Waals surface area contributed by atoms with E-state index in [9.17, 15) is 9.59 Å². The monoisotopic (exact) mass is 323 g/mol. The van der Waals surface area contributed by atoms with Gasteiger partial charge in [0.15, 0.2) is 0 Å². The molecule has 0 fully saturated rings. The van der Waals surface area contributed by atoms with Crippen LogP contribution in [0.1, 0.15) is 47.7 Å². The first-order valence-electron chi connectivity index (χ1n) is 8.32. The number of nitrogens with zero attached hydrogens (tertiary/aromatic N) is 1. The van der Waals surface area contributed by atoms with E-state index in [1.54, 1.807) is 4.90 Å². The molecule has 3 rings (SSSR count). The Bertz CT molecular complexity index is 752. The Hall–Kier alpha value is -2.62. The molecule has 1 atom stereocenters. The highest BCUT2D eigenvalue weighted by atomic mass is 16.5. The van der Waals surface area contributed by atoms with Crippen molar-refractivity contribution in [1.82, 2.24) is 0 Å². The minimum absolute atomic E-state index is 0.0239. The number of hydrogen-bond acceptors (Lipinski definition) is 3. The fraction of sp³-hybridized carbons (Fsp3) is 0.300. The average molecular weight is 323 g/mol. The molecule has 0 saturated heterocycles. The number of ether oxygens (including phenoxy) is 1. The first kappa shape index (κ1) is 16.2. The highest BCUT2D eigenvalue weighted by Crippen LogP contribution is 2.30. The van der Waals surface area contributed by atoms with E-state index in [4.69, 9.17) is 4.74 Å². The first-order valence-corrected chi connectivity index (χ1v) is 8.32. The summed E-state index contributed by atoms with van der Waals surface area (Å²) in [4.78, 5) is 26.3. The first-order chi connectivity index (χ1) is 11.7. The van der Waals surface area contributed by atoms with Crippen LogP contribution in [0.4, 0.5) is 5.69 Å². The number of esters is 1. The van der Waals surface area contributed by atoms with E-state index in [0.717, 1.165) is 22.4 Å². The second-order valence-electron chi connectivity index (χ2n) is 5.85. The average Bonchev–Trinajstić information content (AvgIpc) is 2.94. The molecule has 0 aromatic heterocycles. The molecule has 0 spiro atoms. The molecule has 2 aromatic carbocycles. The smallest absolute Gasteiger partial charge is 0.313 e. The summed E-state index contributed by atoms with van der Waals surface area (Å²) in [6.07, 6.45) is 0.687. The largest absolute Gasteiger partial charge is 0.466 e. The zero-order valence-corrected chi connectivity index (χ0v) is 14.0. The summed E-state index contributed by atoms with van der Waals surface area (Å²) in [6.45, 7) is 4.75. The fourth-order valence-corrected chi connectivity index (χ4v) is 3.13. The molecule has 4 heteroatoms. The Morgan fingerprint density at radius 2 is 1.83 bits per heavy atom. The van der Waals surface area contributed by atoms with Gasteiger partial charge in [-0.05, 0) is 42.7 Å². The third-order valence-electron chi connectivity index (χ3n) is 4.41. The van der Waals surface area contributed by atoms with E-state index in [1.165, 1.54) is 0 Å². The molecule has 0 saturated carbocycles. The van der Waals surface area contributed by atoms with Gasteiger partial charge in [-0.15, -0.1) is 0 Å². The molecule has 1 aliphatic rings. The van der Waals surface area contributed by atoms with E-state index in [2.05, 4.69) is 0 Å². The van der Waals surface area contributed by atoms with Crippen molar-refractivity contribution in [2.75, 3.05) is 11.5 Å². The van der Waals surface area contributed by atoms with E-state index in [-0.39, 0.29) is 17.8 Å². The van der Waals surface area contributed by atoms with Gasteiger partial charge in [0.05, 0.1) is 19.1 Å². The van der Waals surface area contributed by atoms with Crippen LogP contribution in [0.3, 0.4) is 0 Å². The lowest BCUT2D eigenvalue weighted by atomic mass is 9.96. The summed E-state index contributed by atoms with van der Waals surface area (Å²) >= 11 is 0. The van der Waals surface area contributed by atoms with Crippen molar-refractivity contribution in [3.05, 3.63) is 65.2 Å². The predicted molar refractivity (Wildman–Crippen MR) is 93.1 cm³/mol. The number of rotatable bonds is 5. The normalized spacial score (nSPS) is 14.4. The standard InChI is InChI=1S/C20H21NO3/c1-3-17(20(23)24-4-2)14-9-11-16(12-10-14)21-13-15-7-5-6-8-18(15)19(21)22/h5-12,17H,3-4,13H2,1-2H3. The van der Waals surface area contributed by atoms with Gasteiger partial charge in [-0.2, -0.15) is 0 Å². The number of benzene rings is 2. The van der Waals surface area contributed by atoms with Gasteiger partial charge in [0.1, 0.15) is 0 Å². The minimum atomic E-state index is -0.259. The maximum absolute atomic E-state index is 12.5. The summed E-state index contributed by atoms with van der Waals surface area (Å²) in [5.74, 6) is -0.432. The van der Waals surface area contributed by atoms with Crippen LogP contribution in [0.5, 0.6) is 0 Å². The van der Waals surface area contributed by atoms with Gasteiger partial charge in [0.2, 0.25) is 0 Å². The second-order valence-corrected chi connectivity index (χ2v) is 5.85. The number of anilines is 1. The van der Waals surface area contributed by atoms with Gasteiger partial charge in [-0.1, -0.05) is 37.3 Å². The summed E-state index contributed by atoms with van der Waals surface area (Å²) < 4.78 is 5.14. The fourth-order valence-electron chi connectivity index (χ4n) is 3.13. The molecular formula is C20H21NO3. The van der Waals surface area contributed by atoms with E-state index in [1.807, 2.05) is 62.4 Å². The number of hydrogen-bond donors (Lipinski definition) is 0. The molecule has 24 heavy (non-hydrogen) atoms. The second kappa shape index (κ2) is 6.87. The summed E-state index contributed by atoms with van der Waals surface area (Å²) in [7, 11) is 0. The van der Waals surface area contributed by atoms with Crippen molar-refractivity contribution in [2.24, 2.45) is 0 Å². The Balaban J connectivity index is 1.81. The lowest BCUT2D eigenvalue weighted by Gasteiger charge is -2.18. The highest BCUT2D eigenvalue weighted by molar-refractivity contribution is 6.09. The molecule has 0 bridgehead atoms. The van der Waals surface area contributed by atoms with Crippen molar-refractivity contribution in [2.45, 2.75) is 32.7 Å². The summed E-state index contributed by atoms with van der Waals surface area (Å²) in [5.41, 5.74) is 3.58. The van der Waals surface area contributed by atoms with Crippen LogP contribution in [0, 0.1) is 0 Å². The van der Waals surface area contributed by atoms with E-state index >= 15 is 0 Å². The molecule has 4 nitrogen and oxygen atoms in total. The Kier molecular flexibility index (Phi) is 4.65. The lowest BCUT2D eigenvalue weighted by Crippen LogP contribution is -2.23. The van der Waals surface area contributed by atoms with Crippen molar-refractivity contribution in [1.29, 1.82) is 0 Å². The maximum atomic E-state index is 12.5. The van der Waals surface area contributed by atoms with Gasteiger partial charge in [0.25, 0.3) is 5.91 Å². The topological polar surface area (TPSA) is 46.6 Å². The van der Waals surface area contributed by atoms with Crippen LogP contribution in [-0.4, -0.2) is 18.5 Å². The van der Waals surface area contributed by atoms with Crippen molar-refractivity contribution < 1.29 is 14.3 Å². The highest BCUT2D eigenvalue weighted by Gasteiger charge is 2.28. The predicted octanol–water partition coefficient (Wildman–Crippen LogP) is 3.90. The third kappa shape index (κ3) is 2.92. The summed E-state index contributed by atoms with van der Waals surface area (Å²) in [5, 5.41) is 0. The zero-order valence-electron chi connectivity index (χ0n) is 14.0. The van der Waals surface area contributed by atoms with Gasteiger partial charge in [-0.3, -0.25) is 9.59 Å². The quantitative estimate of drug-likeness (QED) is 0.784. The minimum Gasteiger partial charge on any atom is -0.466 e. The molecule has 1 aliphatic heterocycles. The Morgan fingerprint density at radius 3 is 2.46 bits per heavy atom. The number of amides is 1. The Morgan fingerprint density at radius 1 is 1.12 bits per heavy atom. The maximum Gasteiger partial charge on any atom is 0.313 e. The van der Waals surface area contributed by atoms with Crippen molar-refractivity contribution in [3.8, 4) is 0 Å². The van der Waals surface area contributed by atoms with Crippen LogP contribution < -0.4 is 4.90 Å². The number of fused-ring (bicyclic) bond motifs is 1. The molecule has 0 N–H and O–H groups in total. The number of carbonyl (C=O) groups excluding carboxylic acids is 2. The SMILES string of the molecule is CCOC(=O)C(CC)c1ccc(N2Cc3ccccc3C2=O)cc1. The lowest BCUT2D eigenvalue weighted by molar-refractivity contribution is -0.145. The van der Waals surface area contributed by atoms with Crippen LogP contribution in [0.2, 0.25) is 0 Å².